The molecule has 0 aliphatic heterocycles. The zero-order valence-corrected chi connectivity index (χ0v) is 21.6. The van der Waals surface area contributed by atoms with Crippen molar-refractivity contribution in [1.29, 1.82) is 0 Å². The Labute approximate surface area is 219 Å². The number of carbonyl (C=O) groups excluding carboxylic acids is 1. The SMILES string of the molecule is CCOc1cccc(C=NNC(=O)CSc2n[nH]c(-c3ccc(C)cc3)[n+]2-c2ccc(OC)cc2)c1O. The summed E-state index contributed by atoms with van der Waals surface area (Å²) in [5.74, 6) is 1.63. The van der Waals surface area contributed by atoms with Gasteiger partial charge in [-0.1, -0.05) is 23.8 Å². The van der Waals surface area contributed by atoms with Gasteiger partial charge in [-0.2, -0.15) is 9.67 Å². The van der Waals surface area contributed by atoms with E-state index >= 15 is 0 Å². The third-order valence-corrected chi connectivity index (χ3v) is 6.32. The van der Waals surface area contributed by atoms with Crippen LogP contribution in [0.25, 0.3) is 17.1 Å². The number of thioether (sulfide) groups is 1. The Morgan fingerprint density at radius 3 is 2.62 bits per heavy atom. The van der Waals surface area contributed by atoms with Gasteiger partial charge in [0, 0.05) is 5.56 Å². The summed E-state index contributed by atoms with van der Waals surface area (Å²) in [5, 5.41) is 22.4. The topological polar surface area (TPSA) is 113 Å². The van der Waals surface area contributed by atoms with Crippen molar-refractivity contribution in [2.45, 2.75) is 19.0 Å². The lowest BCUT2D eigenvalue weighted by Gasteiger charge is -2.07. The lowest BCUT2D eigenvalue weighted by atomic mass is 10.1. The number of H-pyrrole nitrogens is 1. The molecule has 9 nitrogen and oxygen atoms in total. The van der Waals surface area contributed by atoms with E-state index in [1.807, 2.05) is 66.9 Å². The first kappa shape index (κ1) is 25.8. The molecular weight excluding hydrogens is 490 g/mol. The number of aromatic hydroxyl groups is 1. The van der Waals surface area contributed by atoms with Gasteiger partial charge >= 0.3 is 5.16 Å². The fourth-order valence-electron chi connectivity index (χ4n) is 3.52. The zero-order chi connectivity index (χ0) is 26.2. The van der Waals surface area contributed by atoms with Gasteiger partial charge in [-0.3, -0.25) is 4.79 Å². The summed E-state index contributed by atoms with van der Waals surface area (Å²) in [6, 6.07) is 20.8. The normalized spacial score (nSPS) is 11.0. The second-order valence-electron chi connectivity index (χ2n) is 7.96. The molecule has 3 N–H and O–H groups in total. The van der Waals surface area contributed by atoms with Crippen LogP contribution in [0.1, 0.15) is 18.1 Å². The number of aromatic amines is 1. The van der Waals surface area contributed by atoms with Crippen molar-refractivity contribution in [2.75, 3.05) is 19.5 Å². The number of rotatable bonds is 10. The largest absolute Gasteiger partial charge is 0.504 e. The Hall–Kier alpha value is -4.31. The van der Waals surface area contributed by atoms with Gasteiger partial charge in [-0.15, -0.1) is 5.10 Å². The highest BCUT2D eigenvalue weighted by molar-refractivity contribution is 7.99. The third kappa shape index (κ3) is 6.28. The average Bonchev–Trinajstić information content (AvgIpc) is 3.34. The monoisotopic (exact) mass is 518 g/mol. The van der Waals surface area contributed by atoms with Gasteiger partial charge in [0.1, 0.15) is 11.4 Å². The van der Waals surface area contributed by atoms with E-state index in [4.69, 9.17) is 9.47 Å². The van der Waals surface area contributed by atoms with Crippen molar-refractivity contribution in [1.82, 2.24) is 15.6 Å². The van der Waals surface area contributed by atoms with Crippen LogP contribution in [0.5, 0.6) is 17.2 Å². The number of hydrogen-bond acceptors (Lipinski definition) is 7. The number of carbonyl (C=O) groups is 1. The molecule has 0 atom stereocenters. The van der Waals surface area contributed by atoms with Crippen molar-refractivity contribution in [3.8, 4) is 34.3 Å². The second kappa shape index (κ2) is 12.1. The molecule has 0 aliphatic rings. The minimum Gasteiger partial charge on any atom is -0.504 e. The highest BCUT2D eigenvalue weighted by atomic mass is 32.2. The van der Waals surface area contributed by atoms with Crippen molar-refractivity contribution in [3.05, 3.63) is 77.9 Å². The summed E-state index contributed by atoms with van der Waals surface area (Å²) in [6.07, 6.45) is 1.38. The lowest BCUT2D eigenvalue weighted by molar-refractivity contribution is -0.625. The number of hydrazone groups is 1. The van der Waals surface area contributed by atoms with Crippen LogP contribution < -0.4 is 19.5 Å². The first-order chi connectivity index (χ1) is 18.0. The number of amides is 1. The highest BCUT2D eigenvalue weighted by Crippen LogP contribution is 2.28. The van der Waals surface area contributed by atoms with Crippen LogP contribution in [0.2, 0.25) is 0 Å². The maximum atomic E-state index is 12.5. The molecule has 0 saturated heterocycles. The predicted octanol–water partition coefficient (Wildman–Crippen LogP) is 4.02. The average molecular weight is 519 g/mol. The molecule has 0 fully saturated rings. The summed E-state index contributed by atoms with van der Waals surface area (Å²) < 4.78 is 12.6. The van der Waals surface area contributed by atoms with Crippen molar-refractivity contribution < 1.29 is 23.9 Å². The van der Waals surface area contributed by atoms with E-state index in [1.165, 1.54) is 18.0 Å². The molecular formula is C27H28N5O4S+. The summed E-state index contributed by atoms with van der Waals surface area (Å²) in [6.45, 7) is 4.30. The molecule has 0 unspecified atom stereocenters. The van der Waals surface area contributed by atoms with E-state index in [0.717, 1.165) is 28.4 Å². The van der Waals surface area contributed by atoms with Crippen molar-refractivity contribution in [2.24, 2.45) is 5.10 Å². The Kier molecular flexibility index (Phi) is 8.42. The minimum absolute atomic E-state index is 0.0302. The van der Waals surface area contributed by atoms with Crippen LogP contribution in [0.3, 0.4) is 0 Å². The van der Waals surface area contributed by atoms with Gasteiger partial charge < -0.3 is 14.6 Å². The number of aryl methyl sites for hydroxylation is 1. The Morgan fingerprint density at radius 2 is 1.92 bits per heavy atom. The van der Waals surface area contributed by atoms with Crippen LogP contribution in [0.4, 0.5) is 0 Å². The van der Waals surface area contributed by atoms with E-state index in [2.05, 4.69) is 20.7 Å². The molecule has 10 heteroatoms. The summed E-state index contributed by atoms with van der Waals surface area (Å²) >= 11 is 1.27. The summed E-state index contributed by atoms with van der Waals surface area (Å²) in [4.78, 5) is 12.5. The lowest BCUT2D eigenvalue weighted by Crippen LogP contribution is -2.34. The first-order valence-corrected chi connectivity index (χ1v) is 12.6. The van der Waals surface area contributed by atoms with Crippen LogP contribution in [-0.2, 0) is 4.79 Å². The fourth-order valence-corrected chi connectivity index (χ4v) is 4.28. The van der Waals surface area contributed by atoms with E-state index in [1.54, 1.807) is 25.3 Å². The number of aromatic nitrogens is 3. The van der Waals surface area contributed by atoms with Gasteiger partial charge in [0.15, 0.2) is 11.5 Å². The minimum atomic E-state index is -0.317. The second-order valence-corrected chi connectivity index (χ2v) is 8.91. The molecule has 0 bridgehead atoms. The molecule has 190 valence electrons. The summed E-state index contributed by atoms with van der Waals surface area (Å²) in [7, 11) is 1.62. The number of phenols is 1. The third-order valence-electron chi connectivity index (χ3n) is 5.38. The van der Waals surface area contributed by atoms with Gasteiger partial charge in [0.05, 0.1) is 36.3 Å². The van der Waals surface area contributed by atoms with Crippen molar-refractivity contribution in [3.63, 3.8) is 0 Å². The molecule has 0 aliphatic carbocycles. The quantitative estimate of drug-likeness (QED) is 0.127. The maximum Gasteiger partial charge on any atom is 0.342 e. The number of phenolic OH excluding ortho intramolecular Hbond substituents is 1. The predicted molar refractivity (Wildman–Crippen MR) is 143 cm³/mol. The fraction of sp³-hybridized carbons (Fsp3) is 0.185. The molecule has 0 spiro atoms. The van der Waals surface area contributed by atoms with Gasteiger partial charge in [0.25, 0.3) is 11.7 Å². The number of hydrogen-bond donors (Lipinski definition) is 3. The smallest absolute Gasteiger partial charge is 0.342 e. The Morgan fingerprint density at radius 1 is 1.16 bits per heavy atom. The number of benzene rings is 3. The standard InChI is InChI=1S/C27H27N5O4S/c1-4-36-23-7-5-6-20(25(23)34)16-28-29-24(33)17-37-27-31-30-26(19-10-8-18(2)9-11-19)32(27)21-12-14-22(35-3)15-13-21/h5-16H,4,17H2,1-3H3,(H2,28,29,33,34)/p+1. The van der Waals surface area contributed by atoms with Crippen LogP contribution in [0, 0.1) is 6.92 Å². The maximum absolute atomic E-state index is 12.5. The molecule has 1 amide bonds. The van der Waals surface area contributed by atoms with E-state index in [0.29, 0.717) is 23.1 Å². The Bertz CT molecular complexity index is 1390. The van der Waals surface area contributed by atoms with Crippen LogP contribution in [-0.4, -0.2) is 46.9 Å². The highest BCUT2D eigenvalue weighted by Gasteiger charge is 2.24. The number of para-hydroxylation sites is 1. The van der Waals surface area contributed by atoms with E-state index in [9.17, 15) is 9.90 Å². The number of ether oxygens (including phenoxy) is 2. The molecule has 4 rings (SSSR count). The number of nitrogens with one attached hydrogen (secondary N) is 2. The first-order valence-electron chi connectivity index (χ1n) is 11.6. The van der Waals surface area contributed by atoms with Crippen LogP contribution in [0.15, 0.2) is 77.0 Å². The van der Waals surface area contributed by atoms with E-state index < -0.39 is 0 Å². The van der Waals surface area contributed by atoms with Gasteiger partial charge in [-0.05, 0) is 74.1 Å². The number of nitrogens with zero attached hydrogens (tertiary/aromatic N) is 3. The van der Waals surface area contributed by atoms with E-state index in [-0.39, 0.29) is 17.4 Å². The number of methoxy groups -OCH3 is 1. The van der Waals surface area contributed by atoms with Gasteiger partial charge in [0.2, 0.25) is 0 Å². The molecule has 3 aromatic carbocycles. The van der Waals surface area contributed by atoms with Crippen molar-refractivity contribution >= 4 is 23.9 Å². The Balaban J connectivity index is 1.50. The molecule has 37 heavy (non-hydrogen) atoms. The molecule has 4 aromatic rings. The summed E-state index contributed by atoms with van der Waals surface area (Å²) in [5.41, 5.74) is 5.92. The molecule has 0 saturated carbocycles. The van der Waals surface area contributed by atoms with Gasteiger partial charge in [-0.25, -0.2) is 5.43 Å². The molecule has 1 aromatic heterocycles. The zero-order valence-electron chi connectivity index (χ0n) is 20.8. The van der Waals surface area contributed by atoms with Crippen LogP contribution >= 0.6 is 11.8 Å². The molecule has 0 radical (unpaired) electrons. The molecule has 1 heterocycles.